The van der Waals surface area contributed by atoms with Gasteiger partial charge >= 0.3 is 0 Å². The van der Waals surface area contributed by atoms with Crippen molar-refractivity contribution in [2.45, 2.75) is 64.8 Å². The Morgan fingerprint density at radius 2 is 2.25 bits per heavy atom. The van der Waals surface area contributed by atoms with E-state index in [1.165, 1.54) is 38.5 Å². The van der Waals surface area contributed by atoms with Crippen LogP contribution in [0.25, 0.3) is 0 Å². The number of piperidine rings is 1. The SMILES string of the molecule is CCCCC(CCC)CNC(=O)c1ccn(C2CCCNC2)n1.Cl. The molecule has 2 rings (SSSR count). The predicted molar refractivity (Wildman–Crippen MR) is 101 cm³/mol. The molecule has 6 heteroatoms. The van der Waals surface area contributed by atoms with Crippen molar-refractivity contribution in [1.29, 1.82) is 0 Å². The van der Waals surface area contributed by atoms with Gasteiger partial charge in [-0.1, -0.05) is 33.1 Å². The van der Waals surface area contributed by atoms with Gasteiger partial charge in [0, 0.05) is 19.3 Å². The van der Waals surface area contributed by atoms with Gasteiger partial charge in [-0.2, -0.15) is 5.10 Å². The molecule has 0 bridgehead atoms. The summed E-state index contributed by atoms with van der Waals surface area (Å²) >= 11 is 0. The zero-order valence-electron chi connectivity index (χ0n) is 15.1. The summed E-state index contributed by atoms with van der Waals surface area (Å²) in [6, 6.07) is 2.22. The van der Waals surface area contributed by atoms with E-state index in [4.69, 9.17) is 0 Å². The fourth-order valence-electron chi connectivity index (χ4n) is 3.30. The van der Waals surface area contributed by atoms with Crippen molar-refractivity contribution in [3.05, 3.63) is 18.0 Å². The van der Waals surface area contributed by atoms with Gasteiger partial charge in [-0.3, -0.25) is 9.48 Å². The average molecular weight is 357 g/mol. The minimum absolute atomic E-state index is 0. The number of rotatable bonds is 9. The standard InChI is InChI=1S/C18H32N4O.ClH/c1-3-5-8-15(7-4-2)13-20-18(23)17-10-12-22(21-17)16-9-6-11-19-14-16;/h10,12,15-16,19H,3-9,11,13-14H2,1-2H3,(H,20,23);1H. The fourth-order valence-corrected chi connectivity index (χ4v) is 3.30. The molecule has 1 saturated heterocycles. The molecule has 2 unspecified atom stereocenters. The number of nitrogens with one attached hydrogen (secondary N) is 2. The minimum Gasteiger partial charge on any atom is -0.350 e. The van der Waals surface area contributed by atoms with E-state index in [9.17, 15) is 4.79 Å². The maximum absolute atomic E-state index is 12.3. The Bertz CT molecular complexity index is 471. The first-order valence-corrected chi connectivity index (χ1v) is 9.28. The molecule has 0 spiro atoms. The lowest BCUT2D eigenvalue weighted by Crippen LogP contribution is -2.32. The second kappa shape index (κ2) is 11.5. The van der Waals surface area contributed by atoms with Crippen LogP contribution < -0.4 is 10.6 Å². The van der Waals surface area contributed by atoms with Crippen molar-refractivity contribution in [3.63, 3.8) is 0 Å². The lowest BCUT2D eigenvalue weighted by Gasteiger charge is -2.22. The first-order valence-electron chi connectivity index (χ1n) is 9.28. The van der Waals surface area contributed by atoms with Crippen molar-refractivity contribution in [1.82, 2.24) is 20.4 Å². The van der Waals surface area contributed by atoms with Crippen molar-refractivity contribution >= 4 is 18.3 Å². The molecule has 5 nitrogen and oxygen atoms in total. The molecule has 2 atom stereocenters. The van der Waals surface area contributed by atoms with Crippen LogP contribution in [0.2, 0.25) is 0 Å². The molecular formula is C18H33ClN4O. The van der Waals surface area contributed by atoms with Gasteiger partial charge in [0.05, 0.1) is 6.04 Å². The molecule has 2 N–H and O–H groups in total. The summed E-state index contributed by atoms with van der Waals surface area (Å²) in [7, 11) is 0. The van der Waals surface area contributed by atoms with E-state index in [1.54, 1.807) is 0 Å². The number of aromatic nitrogens is 2. The molecule has 0 radical (unpaired) electrons. The van der Waals surface area contributed by atoms with Gasteiger partial charge in [-0.05, 0) is 44.2 Å². The molecule has 0 aliphatic carbocycles. The Morgan fingerprint density at radius 3 is 2.92 bits per heavy atom. The smallest absolute Gasteiger partial charge is 0.271 e. The van der Waals surface area contributed by atoms with Crippen LogP contribution in [0, 0.1) is 5.92 Å². The second-order valence-corrected chi connectivity index (χ2v) is 6.69. The van der Waals surface area contributed by atoms with E-state index < -0.39 is 0 Å². The van der Waals surface area contributed by atoms with E-state index >= 15 is 0 Å². The summed E-state index contributed by atoms with van der Waals surface area (Å²) in [5.74, 6) is 0.554. The van der Waals surface area contributed by atoms with E-state index in [0.717, 1.165) is 26.1 Å². The lowest BCUT2D eigenvalue weighted by atomic mass is 9.97. The summed E-state index contributed by atoms with van der Waals surface area (Å²) < 4.78 is 1.95. The van der Waals surface area contributed by atoms with Crippen molar-refractivity contribution in [3.8, 4) is 0 Å². The number of halogens is 1. The molecule has 1 aliphatic heterocycles. The Morgan fingerprint density at radius 1 is 1.42 bits per heavy atom. The fraction of sp³-hybridized carbons (Fsp3) is 0.778. The second-order valence-electron chi connectivity index (χ2n) is 6.69. The number of amides is 1. The molecule has 2 heterocycles. The van der Waals surface area contributed by atoms with E-state index in [1.807, 2.05) is 16.9 Å². The molecule has 1 fully saturated rings. The number of nitrogens with zero attached hydrogens (tertiary/aromatic N) is 2. The summed E-state index contributed by atoms with van der Waals surface area (Å²) in [5, 5.41) is 10.9. The highest BCUT2D eigenvalue weighted by Gasteiger charge is 2.18. The molecule has 24 heavy (non-hydrogen) atoms. The first-order chi connectivity index (χ1) is 11.2. The van der Waals surface area contributed by atoms with Crippen molar-refractivity contribution < 1.29 is 4.79 Å². The summed E-state index contributed by atoms with van der Waals surface area (Å²) in [6.07, 6.45) is 10.3. The van der Waals surface area contributed by atoms with Crippen LogP contribution in [0.5, 0.6) is 0 Å². The van der Waals surface area contributed by atoms with Gasteiger partial charge in [0.25, 0.3) is 5.91 Å². The third-order valence-electron chi connectivity index (χ3n) is 4.70. The highest BCUT2D eigenvalue weighted by atomic mass is 35.5. The van der Waals surface area contributed by atoms with E-state index in [0.29, 0.717) is 17.7 Å². The zero-order chi connectivity index (χ0) is 16.5. The van der Waals surface area contributed by atoms with Gasteiger partial charge in [0.15, 0.2) is 0 Å². The normalized spacial score (nSPS) is 18.7. The predicted octanol–water partition coefficient (Wildman–Crippen LogP) is 3.57. The molecule has 1 aromatic heterocycles. The van der Waals surface area contributed by atoms with Crippen LogP contribution in [0.15, 0.2) is 12.3 Å². The van der Waals surface area contributed by atoms with Crippen LogP contribution in [0.4, 0.5) is 0 Å². The van der Waals surface area contributed by atoms with Gasteiger partial charge in [0.1, 0.15) is 5.69 Å². The number of carbonyl (C=O) groups is 1. The van der Waals surface area contributed by atoms with E-state index in [2.05, 4.69) is 29.6 Å². The van der Waals surface area contributed by atoms with Crippen LogP contribution in [-0.2, 0) is 0 Å². The van der Waals surface area contributed by atoms with Crippen molar-refractivity contribution in [2.24, 2.45) is 5.92 Å². The third-order valence-corrected chi connectivity index (χ3v) is 4.70. The summed E-state index contributed by atoms with van der Waals surface area (Å²) in [6.45, 7) is 7.22. The Balaban J connectivity index is 0.00000288. The van der Waals surface area contributed by atoms with E-state index in [-0.39, 0.29) is 18.3 Å². The zero-order valence-corrected chi connectivity index (χ0v) is 15.9. The molecule has 1 amide bonds. The number of carbonyl (C=O) groups excluding carboxylic acids is 1. The summed E-state index contributed by atoms with van der Waals surface area (Å²) in [4.78, 5) is 12.3. The third kappa shape index (κ3) is 6.44. The highest BCUT2D eigenvalue weighted by molar-refractivity contribution is 5.92. The van der Waals surface area contributed by atoms with Gasteiger partial charge < -0.3 is 10.6 Å². The largest absolute Gasteiger partial charge is 0.350 e. The Hall–Kier alpha value is -1.07. The summed E-state index contributed by atoms with van der Waals surface area (Å²) in [5.41, 5.74) is 0.543. The van der Waals surface area contributed by atoms with Crippen LogP contribution in [-0.4, -0.2) is 35.3 Å². The Labute approximate surface area is 152 Å². The van der Waals surface area contributed by atoms with Crippen LogP contribution >= 0.6 is 12.4 Å². The maximum atomic E-state index is 12.3. The topological polar surface area (TPSA) is 59.0 Å². The van der Waals surface area contributed by atoms with Gasteiger partial charge in [0.2, 0.25) is 0 Å². The lowest BCUT2D eigenvalue weighted by molar-refractivity contribution is 0.0939. The van der Waals surface area contributed by atoms with Gasteiger partial charge in [-0.15, -0.1) is 12.4 Å². The number of hydrogen-bond acceptors (Lipinski definition) is 3. The average Bonchev–Trinajstić information content (AvgIpc) is 3.08. The maximum Gasteiger partial charge on any atom is 0.271 e. The van der Waals surface area contributed by atoms with Gasteiger partial charge in [-0.25, -0.2) is 0 Å². The van der Waals surface area contributed by atoms with Crippen LogP contribution in [0.1, 0.15) is 75.3 Å². The molecule has 138 valence electrons. The molecule has 0 aromatic carbocycles. The number of unbranched alkanes of at least 4 members (excludes halogenated alkanes) is 1. The monoisotopic (exact) mass is 356 g/mol. The molecular weight excluding hydrogens is 324 g/mol. The minimum atomic E-state index is -0.0369. The number of hydrogen-bond donors (Lipinski definition) is 2. The Kier molecular flexibility index (Phi) is 10.0. The molecule has 1 aromatic rings. The quantitative estimate of drug-likeness (QED) is 0.711. The van der Waals surface area contributed by atoms with Crippen molar-refractivity contribution in [2.75, 3.05) is 19.6 Å². The first kappa shape index (κ1) is 21.0. The molecule has 0 saturated carbocycles. The highest BCUT2D eigenvalue weighted by Crippen LogP contribution is 2.16. The molecule has 1 aliphatic rings. The van der Waals surface area contributed by atoms with Crippen LogP contribution in [0.3, 0.4) is 0 Å².